The van der Waals surface area contributed by atoms with Crippen LogP contribution in [-0.4, -0.2) is 53.3 Å². The quantitative estimate of drug-likeness (QED) is 0.832. The van der Waals surface area contributed by atoms with Gasteiger partial charge in [-0.3, -0.25) is 4.79 Å². The Morgan fingerprint density at radius 1 is 1.32 bits per heavy atom. The number of H-pyrrole nitrogens is 1. The van der Waals surface area contributed by atoms with Gasteiger partial charge in [0.05, 0.1) is 17.2 Å². The molecule has 1 aliphatic rings. The SMILES string of the molecule is O=C(c1cccc2cc[nH]c12)N1CCC(OCCCO)CC1. The maximum absolute atomic E-state index is 12.7. The third-order valence-electron chi connectivity index (χ3n) is 4.20. The molecule has 22 heavy (non-hydrogen) atoms. The molecule has 0 saturated carbocycles. The molecule has 2 aromatic rings. The standard InChI is InChI=1S/C17H22N2O3/c20-11-2-12-22-14-6-9-19(10-7-14)17(21)15-4-1-3-13-5-8-18-16(13)15/h1,3-5,8,14,18,20H,2,6-7,9-12H2. The molecule has 0 unspecified atom stereocenters. The molecule has 2 N–H and O–H groups in total. The Labute approximate surface area is 129 Å². The summed E-state index contributed by atoms with van der Waals surface area (Å²) >= 11 is 0. The van der Waals surface area contributed by atoms with Crippen molar-refractivity contribution in [1.82, 2.24) is 9.88 Å². The first-order valence-electron chi connectivity index (χ1n) is 7.87. The first-order chi connectivity index (χ1) is 10.8. The van der Waals surface area contributed by atoms with Gasteiger partial charge in [-0.05, 0) is 31.4 Å². The van der Waals surface area contributed by atoms with Crippen molar-refractivity contribution in [2.75, 3.05) is 26.3 Å². The second kappa shape index (κ2) is 6.94. The largest absolute Gasteiger partial charge is 0.396 e. The highest BCUT2D eigenvalue weighted by Gasteiger charge is 2.25. The van der Waals surface area contributed by atoms with Crippen LogP contribution in [0.3, 0.4) is 0 Å². The fraction of sp³-hybridized carbons (Fsp3) is 0.471. The van der Waals surface area contributed by atoms with E-state index in [0.717, 1.165) is 42.4 Å². The van der Waals surface area contributed by atoms with Crippen LogP contribution in [0.15, 0.2) is 30.5 Å². The highest BCUT2D eigenvalue weighted by Crippen LogP contribution is 2.21. The molecule has 5 nitrogen and oxygen atoms in total. The van der Waals surface area contributed by atoms with Crippen molar-refractivity contribution >= 4 is 16.8 Å². The highest BCUT2D eigenvalue weighted by molar-refractivity contribution is 6.05. The van der Waals surface area contributed by atoms with Crippen LogP contribution in [0, 0.1) is 0 Å². The van der Waals surface area contributed by atoms with Gasteiger partial charge in [0.1, 0.15) is 0 Å². The summed E-state index contributed by atoms with van der Waals surface area (Å²) in [6.07, 6.45) is 4.46. The number of ether oxygens (including phenoxy) is 1. The van der Waals surface area contributed by atoms with Crippen molar-refractivity contribution in [2.45, 2.75) is 25.4 Å². The summed E-state index contributed by atoms with van der Waals surface area (Å²) in [5.74, 6) is 0.0851. The topological polar surface area (TPSA) is 65.6 Å². The Balaban J connectivity index is 1.61. The van der Waals surface area contributed by atoms with E-state index in [1.165, 1.54) is 0 Å². The Morgan fingerprint density at radius 3 is 2.91 bits per heavy atom. The molecule has 1 saturated heterocycles. The second-order valence-corrected chi connectivity index (χ2v) is 5.69. The number of aliphatic hydroxyl groups is 1. The fourth-order valence-corrected chi connectivity index (χ4v) is 2.97. The molecular weight excluding hydrogens is 280 g/mol. The Kier molecular flexibility index (Phi) is 4.75. The number of amides is 1. The average molecular weight is 302 g/mol. The van der Waals surface area contributed by atoms with Crippen molar-refractivity contribution in [3.8, 4) is 0 Å². The van der Waals surface area contributed by atoms with E-state index in [-0.39, 0.29) is 18.6 Å². The van der Waals surface area contributed by atoms with E-state index < -0.39 is 0 Å². The molecule has 0 aliphatic carbocycles. The number of rotatable bonds is 5. The van der Waals surface area contributed by atoms with Gasteiger partial charge < -0.3 is 19.7 Å². The minimum atomic E-state index is 0.0851. The number of fused-ring (bicyclic) bond motifs is 1. The number of aromatic amines is 1. The fourth-order valence-electron chi connectivity index (χ4n) is 2.97. The van der Waals surface area contributed by atoms with Crippen LogP contribution in [0.4, 0.5) is 0 Å². The van der Waals surface area contributed by atoms with E-state index in [2.05, 4.69) is 4.98 Å². The molecule has 0 spiro atoms. The number of aliphatic hydroxyl groups excluding tert-OH is 1. The molecular formula is C17H22N2O3. The second-order valence-electron chi connectivity index (χ2n) is 5.69. The number of piperidine rings is 1. The Hall–Kier alpha value is -1.85. The smallest absolute Gasteiger partial charge is 0.255 e. The number of aromatic nitrogens is 1. The normalized spacial score (nSPS) is 16.3. The predicted octanol–water partition coefficient (Wildman–Crippen LogP) is 2.17. The van der Waals surface area contributed by atoms with Crippen molar-refractivity contribution in [1.29, 1.82) is 0 Å². The molecule has 0 atom stereocenters. The van der Waals surface area contributed by atoms with Crippen LogP contribution in [0.5, 0.6) is 0 Å². The molecule has 1 aromatic heterocycles. The third-order valence-corrected chi connectivity index (χ3v) is 4.20. The van der Waals surface area contributed by atoms with Gasteiger partial charge in [-0.15, -0.1) is 0 Å². The number of likely N-dealkylation sites (tertiary alicyclic amines) is 1. The van der Waals surface area contributed by atoms with Gasteiger partial charge in [0.2, 0.25) is 0 Å². The predicted molar refractivity (Wildman–Crippen MR) is 84.9 cm³/mol. The lowest BCUT2D eigenvalue weighted by molar-refractivity contribution is 0.00402. The first kappa shape index (κ1) is 15.1. The van der Waals surface area contributed by atoms with Crippen molar-refractivity contribution in [3.05, 3.63) is 36.0 Å². The molecule has 1 aromatic carbocycles. The molecule has 0 radical (unpaired) electrons. The maximum Gasteiger partial charge on any atom is 0.255 e. The minimum Gasteiger partial charge on any atom is -0.396 e. The zero-order valence-electron chi connectivity index (χ0n) is 12.6. The number of hydrogen-bond donors (Lipinski definition) is 2. The molecule has 1 amide bonds. The number of para-hydroxylation sites is 1. The van der Waals surface area contributed by atoms with Crippen LogP contribution in [-0.2, 0) is 4.74 Å². The van der Waals surface area contributed by atoms with Gasteiger partial charge in [0.25, 0.3) is 5.91 Å². The van der Waals surface area contributed by atoms with E-state index >= 15 is 0 Å². The summed E-state index contributed by atoms with van der Waals surface area (Å²) in [5.41, 5.74) is 1.65. The number of hydrogen-bond acceptors (Lipinski definition) is 3. The summed E-state index contributed by atoms with van der Waals surface area (Å²) in [5, 5.41) is 9.83. The van der Waals surface area contributed by atoms with Crippen molar-refractivity contribution in [2.24, 2.45) is 0 Å². The molecule has 3 rings (SSSR count). The third kappa shape index (κ3) is 3.15. The average Bonchev–Trinajstić information content (AvgIpc) is 3.04. The summed E-state index contributed by atoms with van der Waals surface area (Å²) in [6, 6.07) is 7.79. The van der Waals surface area contributed by atoms with Crippen LogP contribution < -0.4 is 0 Å². The van der Waals surface area contributed by atoms with Crippen LogP contribution in [0.2, 0.25) is 0 Å². The summed E-state index contributed by atoms with van der Waals surface area (Å²) in [7, 11) is 0. The molecule has 5 heteroatoms. The number of carbonyl (C=O) groups is 1. The highest BCUT2D eigenvalue weighted by atomic mass is 16.5. The molecule has 1 fully saturated rings. The molecule has 0 bridgehead atoms. The molecule has 2 heterocycles. The maximum atomic E-state index is 12.7. The van der Waals surface area contributed by atoms with Crippen LogP contribution in [0.1, 0.15) is 29.6 Å². The minimum absolute atomic E-state index is 0.0851. The number of benzene rings is 1. The van der Waals surface area contributed by atoms with Crippen LogP contribution >= 0.6 is 0 Å². The zero-order chi connectivity index (χ0) is 15.4. The van der Waals surface area contributed by atoms with E-state index in [0.29, 0.717) is 13.0 Å². The van der Waals surface area contributed by atoms with E-state index in [1.807, 2.05) is 35.4 Å². The number of nitrogens with zero attached hydrogens (tertiary/aromatic N) is 1. The zero-order valence-corrected chi connectivity index (χ0v) is 12.6. The first-order valence-corrected chi connectivity index (χ1v) is 7.87. The monoisotopic (exact) mass is 302 g/mol. The van der Waals surface area contributed by atoms with Gasteiger partial charge in [-0.2, -0.15) is 0 Å². The summed E-state index contributed by atoms with van der Waals surface area (Å²) in [6.45, 7) is 2.20. The summed E-state index contributed by atoms with van der Waals surface area (Å²) in [4.78, 5) is 17.8. The van der Waals surface area contributed by atoms with E-state index in [1.54, 1.807) is 0 Å². The van der Waals surface area contributed by atoms with E-state index in [9.17, 15) is 4.79 Å². The number of nitrogens with one attached hydrogen (secondary N) is 1. The van der Waals surface area contributed by atoms with Crippen molar-refractivity contribution in [3.63, 3.8) is 0 Å². The van der Waals surface area contributed by atoms with Gasteiger partial charge >= 0.3 is 0 Å². The number of carbonyl (C=O) groups excluding carboxylic acids is 1. The molecule has 1 aliphatic heterocycles. The Morgan fingerprint density at radius 2 is 2.14 bits per heavy atom. The lowest BCUT2D eigenvalue weighted by Gasteiger charge is -2.32. The lowest BCUT2D eigenvalue weighted by atomic mass is 10.1. The van der Waals surface area contributed by atoms with Gasteiger partial charge in [-0.1, -0.05) is 12.1 Å². The molecule has 118 valence electrons. The van der Waals surface area contributed by atoms with Gasteiger partial charge in [0, 0.05) is 37.9 Å². The van der Waals surface area contributed by atoms with Gasteiger partial charge in [0.15, 0.2) is 0 Å². The summed E-state index contributed by atoms with van der Waals surface area (Å²) < 4.78 is 5.71. The van der Waals surface area contributed by atoms with Crippen LogP contribution in [0.25, 0.3) is 10.9 Å². The lowest BCUT2D eigenvalue weighted by Crippen LogP contribution is -2.41. The Bertz CT molecular complexity index is 630. The van der Waals surface area contributed by atoms with Gasteiger partial charge in [-0.25, -0.2) is 0 Å². The van der Waals surface area contributed by atoms with Crippen molar-refractivity contribution < 1.29 is 14.6 Å². The van der Waals surface area contributed by atoms with E-state index in [4.69, 9.17) is 9.84 Å².